The molecule has 0 saturated carbocycles. The minimum atomic E-state index is 0.280. The van der Waals surface area contributed by atoms with Gasteiger partial charge in [0.1, 0.15) is 0 Å². The van der Waals surface area contributed by atoms with Crippen LogP contribution >= 0.6 is 0 Å². The number of hydrogen-bond donors (Lipinski definition) is 2. The SMILES string of the molecule is Cc1ccc(C)c(C(CN)NCCC2=CCCC2)c1. The summed E-state index contributed by atoms with van der Waals surface area (Å²) >= 11 is 0. The maximum atomic E-state index is 5.94. The predicted molar refractivity (Wildman–Crippen MR) is 82.3 cm³/mol. The van der Waals surface area contributed by atoms with Gasteiger partial charge in [0.25, 0.3) is 0 Å². The maximum Gasteiger partial charge on any atom is 0.0447 e. The van der Waals surface area contributed by atoms with Crippen LogP contribution in [0.2, 0.25) is 0 Å². The van der Waals surface area contributed by atoms with Crippen molar-refractivity contribution in [3.63, 3.8) is 0 Å². The van der Waals surface area contributed by atoms with Crippen LogP contribution in [-0.2, 0) is 0 Å². The van der Waals surface area contributed by atoms with Crippen LogP contribution in [0.5, 0.6) is 0 Å². The molecule has 1 aromatic rings. The van der Waals surface area contributed by atoms with Gasteiger partial charge in [0.2, 0.25) is 0 Å². The van der Waals surface area contributed by atoms with E-state index >= 15 is 0 Å². The lowest BCUT2D eigenvalue weighted by molar-refractivity contribution is 0.540. The fourth-order valence-electron chi connectivity index (χ4n) is 2.83. The van der Waals surface area contributed by atoms with E-state index in [1.807, 2.05) is 0 Å². The molecular weight excluding hydrogens is 232 g/mol. The highest BCUT2D eigenvalue weighted by Crippen LogP contribution is 2.21. The van der Waals surface area contributed by atoms with Gasteiger partial charge in [0, 0.05) is 12.6 Å². The number of nitrogens with one attached hydrogen (secondary N) is 1. The number of benzene rings is 1. The van der Waals surface area contributed by atoms with E-state index in [9.17, 15) is 0 Å². The molecule has 1 aromatic carbocycles. The third-order valence-corrected chi connectivity index (χ3v) is 4.02. The predicted octanol–water partition coefficient (Wildman–Crippen LogP) is 3.39. The second-order valence-corrected chi connectivity index (χ2v) is 5.61. The first-order chi connectivity index (χ1) is 9.20. The molecule has 2 heteroatoms. The van der Waals surface area contributed by atoms with E-state index in [1.165, 1.54) is 42.4 Å². The molecule has 1 aliphatic rings. The summed E-state index contributed by atoms with van der Waals surface area (Å²) in [6, 6.07) is 6.89. The Hall–Kier alpha value is -1.12. The molecular formula is C17H26N2. The van der Waals surface area contributed by atoms with E-state index in [-0.39, 0.29) is 6.04 Å². The molecule has 1 unspecified atom stereocenters. The third-order valence-electron chi connectivity index (χ3n) is 4.02. The summed E-state index contributed by atoms with van der Waals surface area (Å²) in [6.45, 7) is 5.99. The summed E-state index contributed by atoms with van der Waals surface area (Å²) in [4.78, 5) is 0. The molecule has 0 saturated heterocycles. The first-order valence-electron chi connectivity index (χ1n) is 7.39. The molecule has 2 rings (SSSR count). The van der Waals surface area contributed by atoms with Crippen molar-refractivity contribution in [3.8, 4) is 0 Å². The van der Waals surface area contributed by atoms with Crippen LogP contribution < -0.4 is 11.1 Å². The second-order valence-electron chi connectivity index (χ2n) is 5.61. The number of hydrogen-bond acceptors (Lipinski definition) is 2. The molecule has 0 aromatic heterocycles. The molecule has 0 fully saturated rings. The zero-order valence-corrected chi connectivity index (χ0v) is 12.2. The van der Waals surface area contributed by atoms with Crippen molar-refractivity contribution in [2.45, 2.75) is 45.6 Å². The molecule has 0 amide bonds. The van der Waals surface area contributed by atoms with E-state index in [0.29, 0.717) is 6.54 Å². The summed E-state index contributed by atoms with van der Waals surface area (Å²) in [6.07, 6.45) is 7.47. The van der Waals surface area contributed by atoms with Crippen LogP contribution in [0.1, 0.15) is 48.4 Å². The fraction of sp³-hybridized carbons (Fsp3) is 0.529. The zero-order valence-electron chi connectivity index (χ0n) is 12.2. The summed E-state index contributed by atoms with van der Waals surface area (Å²) in [5, 5.41) is 3.61. The van der Waals surface area contributed by atoms with Crippen LogP contribution in [0.3, 0.4) is 0 Å². The lowest BCUT2D eigenvalue weighted by atomic mass is 9.98. The van der Waals surface area contributed by atoms with E-state index in [4.69, 9.17) is 5.73 Å². The topological polar surface area (TPSA) is 38.0 Å². The van der Waals surface area contributed by atoms with Crippen molar-refractivity contribution in [1.29, 1.82) is 0 Å². The van der Waals surface area contributed by atoms with Crippen molar-refractivity contribution in [2.75, 3.05) is 13.1 Å². The Balaban J connectivity index is 1.93. The molecule has 0 radical (unpaired) electrons. The van der Waals surface area contributed by atoms with E-state index in [2.05, 4.69) is 43.4 Å². The molecule has 3 N–H and O–H groups in total. The Morgan fingerprint density at radius 2 is 2.16 bits per heavy atom. The van der Waals surface area contributed by atoms with Gasteiger partial charge >= 0.3 is 0 Å². The lowest BCUT2D eigenvalue weighted by Gasteiger charge is -2.20. The molecule has 104 valence electrons. The molecule has 0 aliphatic heterocycles. The van der Waals surface area contributed by atoms with E-state index < -0.39 is 0 Å². The van der Waals surface area contributed by atoms with Gasteiger partial charge in [0.05, 0.1) is 0 Å². The van der Waals surface area contributed by atoms with Crippen LogP contribution in [0.25, 0.3) is 0 Å². The molecule has 0 spiro atoms. The first kappa shape index (κ1) is 14.3. The summed E-state index contributed by atoms with van der Waals surface area (Å²) < 4.78 is 0. The minimum absolute atomic E-state index is 0.280. The zero-order chi connectivity index (χ0) is 13.7. The highest BCUT2D eigenvalue weighted by Gasteiger charge is 2.12. The molecule has 19 heavy (non-hydrogen) atoms. The Bertz CT molecular complexity index is 449. The lowest BCUT2D eigenvalue weighted by Crippen LogP contribution is -2.29. The Morgan fingerprint density at radius 3 is 2.84 bits per heavy atom. The Kier molecular flexibility index (Phi) is 5.17. The van der Waals surface area contributed by atoms with Crippen molar-refractivity contribution >= 4 is 0 Å². The van der Waals surface area contributed by atoms with E-state index in [0.717, 1.165) is 6.54 Å². The van der Waals surface area contributed by atoms with Gasteiger partial charge in [-0.25, -0.2) is 0 Å². The molecule has 1 aliphatic carbocycles. The van der Waals surface area contributed by atoms with Gasteiger partial charge in [-0.05, 0) is 57.2 Å². The second kappa shape index (κ2) is 6.88. The molecule has 1 atom stereocenters. The van der Waals surface area contributed by atoms with Crippen LogP contribution in [0.15, 0.2) is 29.8 Å². The summed E-state index contributed by atoms with van der Waals surface area (Å²) in [5.41, 5.74) is 11.5. The highest BCUT2D eigenvalue weighted by molar-refractivity contribution is 5.33. The number of allylic oxidation sites excluding steroid dienone is 1. The van der Waals surface area contributed by atoms with Gasteiger partial charge in [-0.3, -0.25) is 0 Å². The monoisotopic (exact) mass is 258 g/mol. The number of nitrogens with two attached hydrogens (primary N) is 1. The Labute approximate surface area is 117 Å². The number of aryl methyl sites for hydroxylation is 2. The normalized spacial score (nSPS) is 16.5. The number of rotatable bonds is 6. The van der Waals surface area contributed by atoms with Crippen LogP contribution in [-0.4, -0.2) is 13.1 Å². The van der Waals surface area contributed by atoms with Crippen LogP contribution in [0, 0.1) is 13.8 Å². The summed E-state index contributed by atoms with van der Waals surface area (Å²) in [5.74, 6) is 0. The highest BCUT2D eigenvalue weighted by atomic mass is 14.9. The quantitative estimate of drug-likeness (QED) is 0.768. The van der Waals surface area contributed by atoms with Gasteiger partial charge in [-0.1, -0.05) is 35.4 Å². The standard InChI is InChI=1S/C17H26N2/c1-13-7-8-14(2)16(11-13)17(12-18)19-10-9-15-5-3-4-6-15/h5,7-8,11,17,19H,3-4,6,9-10,12,18H2,1-2H3. The van der Waals surface area contributed by atoms with E-state index in [1.54, 1.807) is 5.57 Å². The first-order valence-corrected chi connectivity index (χ1v) is 7.39. The molecule has 0 bridgehead atoms. The third kappa shape index (κ3) is 3.92. The maximum absolute atomic E-state index is 5.94. The Morgan fingerprint density at radius 1 is 1.32 bits per heavy atom. The largest absolute Gasteiger partial charge is 0.329 e. The average molecular weight is 258 g/mol. The fourth-order valence-corrected chi connectivity index (χ4v) is 2.83. The average Bonchev–Trinajstić information content (AvgIpc) is 2.91. The molecule has 2 nitrogen and oxygen atoms in total. The van der Waals surface area contributed by atoms with Gasteiger partial charge in [-0.15, -0.1) is 0 Å². The van der Waals surface area contributed by atoms with Crippen molar-refractivity contribution in [3.05, 3.63) is 46.5 Å². The molecule has 0 heterocycles. The summed E-state index contributed by atoms with van der Waals surface area (Å²) in [7, 11) is 0. The van der Waals surface area contributed by atoms with Crippen LogP contribution in [0.4, 0.5) is 0 Å². The van der Waals surface area contributed by atoms with Gasteiger partial charge < -0.3 is 11.1 Å². The van der Waals surface area contributed by atoms with Crippen molar-refractivity contribution < 1.29 is 0 Å². The van der Waals surface area contributed by atoms with Crippen molar-refractivity contribution in [1.82, 2.24) is 5.32 Å². The smallest absolute Gasteiger partial charge is 0.0447 e. The van der Waals surface area contributed by atoms with Gasteiger partial charge in [0.15, 0.2) is 0 Å². The minimum Gasteiger partial charge on any atom is -0.329 e. The van der Waals surface area contributed by atoms with Crippen molar-refractivity contribution in [2.24, 2.45) is 5.73 Å². The van der Waals surface area contributed by atoms with Gasteiger partial charge in [-0.2, -0.15) is 0 Å².